The number of aryl methyl sites for hydroxylation is 1. The van der Waals surface area contributed by atoms with E-state index in [2.05, 4.69) is 10.6 Å². The van der Waals surface area contributed by atoms with Crippen LogP contribution in [0.4, 0.5) is 10.5 Å². The maximum Gasteiger partial charge on any atom is 0.322 e. The zero-order valence-electron chi connectivity index (χ0n) is 14.0. The largest absolute Gasteiger partial charge is 0.378 e. The molecule has 1 aliphatic rings. The first-order valence-electron chi connectivity index (χ1n) is 8.06. The summed E-state index contributed by atoms with van der Waals surface area (Å²) >= 11 is 0. The lowest BCUT2D eigenvalue weighted by Crippen LogP contribution is -2.43. The lowest BCUT2D eigenvalue weighted by molar-refractivity contribution is 0.0564. The second-order valence-electron chi connectivity index (χ2n) is 5.84. The van der Waals surface area contributed by atoms with E-state index < -0.39 is 0 Å². The van der Waals surface area contributed by atoms with Crippen LogP contribution in [-0.2, 0) is 4.74 Å². The Morgan fingerprint density at radius 3 is 2.61 bits per heavy atom. The molecule has 2 N–H and O–H groups in total. The molecular weight excluding hydrogens is 294 g/mol. The summed E-state index contributed by atoms with van der Waals surface area (Å²) in [6.07, 6.45) is 0.887. The van der Waals surface area contributed by atoms with Crippen molar-refractivity contribution in [3.8, 4) is 0 Å². The van der Waals surface area contributed by atoms with Gasteiger partial charge >= 0.3 is 6.03 Å². The van der Waals surface area contributed by atoms with E-state index in [4.69, 9.17) is 4.74 Å². The van der Waals surface area contributed by atoms with Crippen molar-refractivity contribution >= 4 is 17.6 Å². The van der Waals surface area contributed by atoms with Gasteiger partial charge in [0.05, 0.1) is 13.2 Å². The van der Waals surface area contributed by atoms with Gasteiger partial charge in [0, 0.05) is 30.4 Å². The zero-order valence-corrected chi connectivity index (χ0v) is 14.0. The number of anilines is 1. The van der Waals surface area contributed by atoms with E-state index in [-0.39, 0.29) is 18.0 Å². The number of morpholine rings is 1. The van der Waals surface area contributed by atoms with Crippen molar-refractivity contribution in [2.75, 3.05) is 31.6 Å². The average molecular weight is 319 g/mol. The van der Waals surface area contributed by atoms with E-state index in [1.807, 2.05) is 20.8 Å². The average Bonchev–Trinajstić information content (AvgIpc) is 2.57. The summed E-state index contributed by atoms with van der Waals surface area (Å²) in [6, 6.07) is 5.32. The van der Waals surface area contributed by atoms with E-state index in [0.717, 1.165) is 17.7 Å². The van der Waals surface area contributed by atoms with Gasteiger partial charge in [0.1, 0.15) is 0 Å². The summed E-state index contributed by atoms with van der Waals surface area (Å²) < 4.78 is 5.24. The van der Waals surface area contributed by atoms with Gasteiger partial charge in [-0.15, -0.1) is 0 Å². The number of carbonyl (C=O) groups is 2. The molecule has 6 heteroatoms. The predicted octanol–water partition coefficient (Wildman–Crippen LogP) is 2.39. The molecule has 0 saturated carbocycles. The predicted molar refractivity (Wildman–Crippen MR) is 89.8 cm³/mol. The molecule has 6 nitrogen and oxygen atoms in total. The molecule has 1 aromatic carbocycles. The van der Waals surface area contributed by atoms with Crippen molar-refractivity contribution in [2.45, 2.75) is 33.2 Å². The van der Waals surface area contributed by atoms with Crippen LogP contribution in [0.25, 0.3) is 0 Å². The molecule has 0 aliphatic carbocycles. The highest BCUT2D eigenvalue weighted by Gasteiger charge is 2.18. The molecule has 1 heterocycles. The monoisotopic (exact) mass is 319 g/mol. The second kappa shape index (κ2) is 7.97. The Bertz CT molecular complexity index is 568. The number of nitrogens with zero attached hydrogens (tertiary/aromatic N) is 1. The van der Waals surface area contributed by atoms with Crippen LogP contribution >= 0.6 is 0 Å². The number of hydrogen-bond donors (Lipinski definition) is 2. The fraction of sp³-hybridized carbons (Fsp3) is 0.529. The minimum atomic E-state index is -0.131. The second-order valence-corrected chi connectivity index (χ2v) is 5.84. The maximum atomic E-state index is 12.2. The summed E-state index contributed by atoms with van der Waals surface area (Å²) in [5, 5.41) is 5.83. The number of carbonyl (C=O) groups excluding carboxylic acids is 2. The van der Waals surface area contributed by atoms with Crippen molar-refractivity contribution in [2.24, 2.45) is 0 Å². The van der Waals surface area contributed by atoms with Gasteiger partial charge in [0.25, 0.3) is 5.91 Å². The normalized spacial score (nSPS) is 15.9. The molecule has 2 rings (SSSR count). The third kappa shape index (κ3) is 4.69. The minimum Gasteiger partial charge on any atom is -0.378 e. The Morgan fingerprint density at radius 2 is 2.00 bits per heavy atom. The summed E-state index contributed by atoms with van der Waals surface area (Å²) in [4.78, 5) is 26.1. The molecule has 1 fully saturated rings. The molecule has 1 aliphatic heterocycles. The van der Waals surface area contributed by atoms with Gasteiger partial charge in [-0.3, -0.25) is 4.79 Å². The van der Waals surface area contributed by atoms with Crippen LogP contribution in [0, 0.1) is 6.92 Å². The number of nitrogens with one attached hydrogen (secondary N) is 2. The van der Waals surface area contributed by atoms with Crippen molar-refractivity contribution in [3.63, 3.8) is 0 Å². The lowest BCUT2D eigenvalue weighted by atomic mass is 10.1. The Morgan fingerprint density at radius 1 is 1.30 bits per heavy atom. The molecule has 1 aromatic rings. The molecule has 0 radical (unpaired) electrons. The Labute approximate surface area is 137 Å². The quantitative estimate of drug-likeness (QED) is 0.895. The summed E-state index contributed by atoms with van der Waals surface area (Å²) in [5.41, 5.74) is 2.19. The molecule has 0 spiro atoms. The van der Waals surface area contributed by atoms with Crippen molar-refractivity contribution < 1.29 is 14.3 Å². The van der Waals surface area contributed by atoms with E-state index in [0.29, 0.717) is 31.9 Å². The summed E-state index contributed by atoms with van der Waals surface area (Å²) in [6.45, 7) is 8.22. The summed E-state index contributed by atoms with van der Waals surface area (Å²) in [7, 11) is 0. The number of benzene rings is 1. The first-order chi connectivity index (χ1) is 11.0. The van der Waals surface area contributed by atoms with E-state index in [1.165, 1.54) is 0 Å². The number of hydrogen-bond acceptors (Lipinski definition) is 3. The van der Waals surface area contributed by atoms with Gasteiger partial charge in [-0.1, -0.05) is 6.92 Å². The van der Waals surface area contributed by atoms with Crippen molar-refractivity contribution in [3.05, 3.63) is 29.3 Å². The van der Waals surface area contributed by atoms with Crippen LogP contribution in [0.15, 0.2) is 18.2 Å². The smallest absolute Gasteiger partial charge is 0.322 e. The van der Waals surface area contributed by atoms with Crippen molar-refractivity contribution in [1.29, 1.82) is 0 Å². The molecule has 3 amide bonds. The fourth-order valence-electron chi connectivity index (χ4n) is 2.32. The first-order valence-corrected chi connectivity index (χ1v) is 8.06. The highest BCUT2D eigenvalue weighted by Crippen LogP contribution is 2.17. The number of amides is 3. The van der Waals surface area contributed by atoms with Crippen LogP contribution in [0.3, 0.4) is 0 Å². The summed E-state index contributed by atoms with van der Waals surface area (Å²) in [5.74, 6) is -0.0893. The Hall–Kier alpha value is -2.08. The van der Waals surface area contributed by atoms with E-state index in [9.17, 15) is 9.59 Å². The minimum absolute atomic E-state index is 0.0893. The third-order valence-corrected chi connectivity index (χ3v) is 4.02. The number of urea groups is 1. The Balaban J connectivity index is 2.01. The van der Waals surface area contributed by atoms with E-state index in [1.54, 1.807) is 23.1 Å². The molecule has 1 atom stereocenters. The van der Waals surface area contributed by atoms with Crippen LogP contribution in [0.1, 0.15) is 36.2 Å². The first kappa shape index (κ1) is 17.3. The third-order valence-electron chi connectivity index (χ3n) is 4.02. The molecule has 126 valence electrons. The number of ether oxygens (including phenoxy) is 1. The highest BCUT2D eigenvalue weighted by atomic mass is 16.5. The van der Waals surface area contributed by atoms with Crippen LogP contribution in [0.2, 0.25) is 0 Å². The highest BCUT2D eigenvalue weighted by molar-refractivity contribution is 5.96. The lowest BCUT2D eigenvalue weighted by Gasteiger charge is -2.27. The van der Waals surface area contributed by atoms with Crippen molar-refractivity contribution in [1.82, 2.24) is 10.2 Å². The van der Waals surface area contributed by atoms with Gasteiger partial charge in [-0.2, -0.15) is 0 Å². The van der Waals surface area contributed by atoms with Gasteiger partial charge in [0.15, 0.2) is 0 Å². The molecular formula is C17H25N3O3. The molecule has 0 bridgehead atoms. The molecule has 23 heavy (non-hydrogen) atoms. The molecule has 0 aromatic heterocycles. The SMILES string of the molecule is CC[C@@H](C)NC(=O)c1ccc(NC(=O)N2CCOCC2)c(C)c1. The van der Waals surface area contributed by atoms with Gasteiger partial charge in [-0.05, 0) is 44.0 Å². The van der Waals surface area contributed by atoms with Crippen LogP contribution < -0.4 is 10.6 Å². The van der Waals surface area contributed by atoms with E-state index >= 15 is 0 Å². The molecule has 1 saturated heterocycles. The standard InChI is InChI=1S/C17H25N3O3/c1-4-13(3)18-16(21)14-5-6-15(12(2)11-14)19-17(22)20-7-9-23-10-8-20/h5-6,11,13H,4,7-10H2,1-3H3,(H,18,21)(H,19,22)/t13-/m1/s1. The van der Waals surface area contributed by atoms with Gasteiger partial charge in [-0.25, -0.2) is 4.79 Å². The maximum absolute atomic E-state index is 12.2. The topological polar surface area (TPSA) is 70.7 Å². The Kier molecular flexibility index (Phi) is 5.98. The van der Waals surface area contributed by atoms with Gasteiger partial charge < -0.3 is 20.3 Å². The molecule has 0 unspecified atom stereocenters. The van der Waals surface area contributed by atoms with Gasteiger partial charge in [0.2, 0.25) is 0 Å². The van der Waals surface area contributed by atoms with Crippen LogP contribution in [0.5, 0.6) is 0 Å². The van der Waals surface area contributed by atoms with Crippen LogP contribution in [-0.4, -0.2) is 49.2 Å². The number of rotatable bonds is 4. The fourth-order valence-corrected chi connectivity index (χ4v) is 2.32. The zero-order chi connectivity index (χ0) is 16.8.